The van der Waals surface area contributed by atoms with Gasteiger partial charge in [-0.2, -0.15) is 0 Å². The van der Waals surface area contributed by atoms with Crippen molar-refractivity contribution in [2.45, 2.75) is 39.3 Å². The molecule has 1 unspecified atom stereocenters. The standard InChI is InChI=1S/C14H18ClNO4/c1-8(12(17)16-14(2,3)4)20-11-9(13(18)19)6-5-7-10(11)15/h5-8H,1-4H3,(H,16,17)(H,18,19). The molecule has 110 valence electrons. The number of carbonyl (C=O) groups is 2. The fourth-order valence-corrected chi connectivity index (χ4v) is 1.72. The molecule has 0 saturated carbocycles. The van der Waals surface area contributed by atoms with Gasteiger partial charge in [0.1, 0.15) is 5.56 Å². The lowest BCUT2D eigenvalue weighted by Crippen LogP contribution is -2.46. The van der Waals surface area contributed by atoms with Crippen LogP contribution in [0, 0.1) is 0 Å². The number of para-hydroxylation sites is 1. The molecule has 0 heterocycles. The zero-order valence-electron chi connectivity index (χ0n) is 11.9. The van der Waals surface area contributed by atoms with Gasteiger partial charge in [-0.3, -0.25) is 4.79 Å². The minimum Gasteiger partial charge on any atom is -0.478 e. The van der Waals surface area contributed by atoms with Crippen molar-refractivity contribution in [3.05, 3.63) is 28.8 Å². The average Bonchev–Trinajstić information content (AvgIpc) is 2.28. The summed E-state index contributed by atoms with van der Waals surface area (Å²) in [6.45, 7) is 7.07. The summed E-state index contributed by atoms with van der Waals surface area (Å²) in [6, 6.07) is 4.40. The fourth-order valence-electron chi connectivity index (χ4n) is 1.50. The molecular formula is C14H18ClNO4. The SMILES string of the molecule is CC(Oc1c(Cl)cccc1C(=O)O)C(=O)NC(C)(C)C. The number of ether oxygens (including phenoxy) is 1. The minimum atomic E-state index is -1.16. The molecule has 0 aromatic heterocycles. The molecule has 6 heteroatoms. The number of carbonyl (C=O) groups excluding carboxylic acids is 1. The molecule has 0 aliphatic carbocycles. The van der Waals surface area contributed by atoms with Gasteiger partial charge in [0.2, 0.25) is 0 Å². The highest BCUT2D eigenvalue weighted by molar-refractivity contribution is 6.32. The summed E-state index contributed by atoms with van der Waals surface area (Å²) in [5.41, 5.74) is -0.474. The van der Waals surface area contributed by atoms with Crippen molar-refractivity contribution in [1.82, 2.24) is 5.32 Å². The topological polar surface area (TPSA) is 75.6 Å². The molecule has 1 amide bonds. The van der Waals surface area contributed by atoms with E-state index in [1.54, 1.807) is 0 Å². The first kappa shape index (κ1) is 16.3. The summed E-state index contributed by atoms with van der Waals surface area (Å²) in [6.07, 6.45) is -0.854. The lowest BCUT2D eigenvalue weighted by atomic mass is 10.1. The highest BCUT2D eigenvalue weighted by Crippen LogP contribution is 2.29. The summed E-state index contributed by atoms with van der Waals surface area (Å²) >= 11 is 5.94. The van der Waals surface area contributed by atoms with Crippen LogP contribution >= 0.6 is 11.6 Å². The van der Waals surface area contributed by atoms with Crippen molar-refractivity contribution in [2.75, 3.05) is 0 Å². The first-order valence-corrected chi connectivity index (χ1v) is 6.50. The molecule has 0 aliphatic rings. The van der Waals surface area contributed by atoms with Gasteiger partial charge < -0.3 is 15.2 Å². The molecule has 0 radical (unpaired) electrons. The maximum Gasteiger partial charge on any atom is 0.339 e. The molecule has 0 fully saturated rings. The van der Waals surface area contributed by atoms with Crippen LogP contribution in [0.15, 0.2) is 18.2 Å². The van der Waals surface area contributed by atoms with Crippen molar-refractivity contribution in [2.24, 2.45) is 0 Å². The smallest absolute Gasteiger partial charge is 0.339 e. The monoisotopic (exact) mass is 299 g/mol. The molecule has 1 aromatic carbocycles. The number of halogens is 1. The van der Waals surface area contributed by atoms with E-state index in [1.807, 2.05) is 20.8 Å². The number of carboxylic acid groups (broad SMARTS) is 1. The van der Waals surface area contributed by atoms with Crippen LogP contribution in [0.4, 0.5) is 0 Å². The van der Waals surface area contributed by atoms with E-state index in [4.69, 9.17) is 21.4 Å². The van der Waals surface area contributed by atoms with Crippen molar-refractivity contribution < 1.29 is 19.4 Å². The third-order valence-corrected chi connectivity index (χ3v) is 2.66. The van der Waals surface area contributed by atoms with Crippen molar-refractivity contribution in [1.29, 1.82) is 0 Å². The Balaban J connectivity index is 2.93. The second kappa shape index (κ2) is 6.13. The number of nitrogens with one attached hydrogen (secondary N) is 1. The van der Waals surface area contributed by atoms with Gasteiger partial charge in [-0.15, -0.1) is 0 Å². The van der Waals surface area contributed by atoms with E-state index >= 15 is 0 Å². The van der Waals surface area contributed by atoms with Gasteiger partial charge in [0.25, 0.3) is 5.91 Å². The predicted octanol–water partition coefficient (Wildman–Crippen LogP) is 2.72. The summed E-state index contributed by atoms with van der Waals surface area (Å²) in [4.78, 5) is 23.0. The van der Waals surface area contributed by atoms with Crippen LogP contribution < -0.4 is 10.1 Å². The molecule has 0 bridgehead atoms. The molecule has 1 rings (SSSR count). The van der Waals surface area contributed by atoms with Crippen molar-refractivity contribution >= 4 is 23.5 Å². The van der Waals surface area contributed by atoms with E-state index < -0.39 is 17.6 Å². The van der Waals surface area contributed by atoms with Crippen LogP contribution in [0.2, 0.25) is 5.02 Å². The van der Waals surface area contributed by atoms with Crippen LogP contribution in [0.25, 0.3) is 0 Å². The number of rotatable bonds is 4. The zero-order chi connectivity index (χ0) is 15.5. The van der Waals surface area contributed by atoms with Gasteiger partial charge >= 0.3 is 5.97 Å². The fraction of sp³-hybridized carbons (Fsp3) is 0.429. The zero-order valence-corrected chi connectivity index (χ0v) is 12.6. The molecule has 5 nitrogen and oxygen atoms in total. The second-order valence-electron chi connectivity index (χ2n) is 5.42. The molecule has 2 N–H and O–H groups in total. The van der Waals surface area contributed by atoms with E-state index in [0.717, 1.165) is 0 Å². The summed E-state index contributed by atoms with van der Waals surface area (Å²) in [5.74, 6) is -1.50. The Kier molecular flexibility index (Phi) is 5.00. The number of benzene rings is 1. The van der Waals surface area contributed by atoms with Gasteiger partial charge in [-0.05, 0) is 39.8 Å². The lowest BCUT2D eigenvalue weighted by molar-refractivity contribution is -0.128. The molecule has 0 spiro atoms. The first-order chi connectivity index (χ1) is 9.11. The summed E-state index contributed by atoms with van der Waals surface area (Å²) in [7, 11) is 0. The number of hydrogen-bond acceptors (Lipinski definition) is 3. The predicted molar refractivity (Wildman–Crippen MR) is 76.4 cm³/mol. The number of amides is 1. The normalized spacial score (nSPS) is 12.7. The number of carboxylic acids is 1. The largest absolute Gasteiger partial charge is 0.478 e. The molecule has 0 saturated heterocycles. The van der Waals surface area contributed by atoms with Gasteiger partial charge in [0.15, 0.2) is 11.9 Å². The summed E-state index contributed by atoms with van der Waals surface area (Å²) < 4.78 is 5.42. The maximum absolute atomic E-state index is 11.9. The molecule has 20 heavy (non-hydrogen) atoms. The van der Waals surface area contributed by atoms with E-state index in [-0.39, 0.29) is 22.2 Å². The second-order valence-corrected chi connectivity index (χ2v) is 5.83. The van der Waals surface area contributed by atoms with Gasteiger partial charge in [0.05, 0.1) is 5.02 Å². The van der Waals surface area contributed by atoms with Gasteiger partial charge in [-0.25, -0.2) is 4.79 Å². The minimum absolute atomic E-state index is 0.00164. The van der Waals surface area contributed by atoms with Crippen LogP contribution in [-0.4, -0.2) is 28.6 Å². The van der Waals surface area contributed by atoms with E-state index in [9.17, 15) is 9.59 Å². The quantitative estimate of drug-likeness (QED) is 0.896. The summed E-state index contributed by atoms with van der Waals surface area (Å²) in [5, 5.41) is 12.0. The molecule has 1 atom stereocenters. The Morgan fingerprint density at radius 1 is 1.35 bits per heavy atom. The average molecular weight is 300 g/mol. The van der Waals surface area contributed by atoms with Crippen molar-refractivity contribution in [3.8, 4) is 5.75 Å². The van der Waals surface area contributed by atoms with Crippen molar-refractivity contribution in [3.63, 3.8) is 0 Å². The molecule has 0 aliphatic heterocycles. The highest BCUT2D eigenvalue weighted by Gasteiger charge is 2.23. The Morgan fingerprint density at radius 2 is 1.95 bits per heavy atom. The Hall–Kier alpha value is -1.75. The molecule has 1 aromatic rings. The van der Waals surface area contributed by atoms with Crippen LogP contribution in [-0.2, 0) is 4.79 Å². The highest BCUT2D eigenvalue weighted by atomic mass is 35.5. The number of hydrogen-bond donors (Lipinski definition) is 2. The van der Waals surface area contributed by atoms with Crippen LogP contribution in [0.5, 0.6) is 5.75 Å². The molecular weight excluding hydrogens is 282 g/mol. The maximum atomic E-state index is 11.9. The Morgan fingerprint density at radius 3 is 2.45 bits per heavy atom. The van der Waals surface area contributed by atoms with E-state index in [2.05, 4.69) is 5.32 Å². The third kappa shape index (κ3) is 4.42. The van der Waals surface area contributed by atoms with Crippen LogP contribution in [0.3, 0.4) is 0 Å². The van der Waals surface area contributed by atoms with Crippen LogP contribution in [0.1, 0.15) is 38.1 Å². The Labute approximate surface area is 122 Å². The van der Waals surface area contributed by atoms with E-state index in [0.29, 0.717) is 0 Å². The third-order valence-electron chi connectivity index (χ3n) is 2.36. The first-order valence-electron chi connectivity index (χ1n) is 6.12. The van der Waals surface area contributed by atoms with Gasteiger partial charge in [-0.1, -0.05) is 17.7 Å². The van der Waals surface area contributed by atoms with E-state index in [1.165, 1.54) is 25.1 Å². The Bertz CT molecular complexity index is 522. The lowest BCUT2D eigenvalue weighted by Gasteiger charge is -2.24. The number of aromatic carboxylic acids is 1. The van der Waals surface area contributed by atoms with Gasteiger partial charge in [0, 0.05) is 5.54 Å².